The van der Waals surface area contributed by atoms with E-state index in [9.17, 15) is 5.11 Å². The molecule has 88 valence electrons. The number of benzene rings is 1. The molecule has 0 radical (unpaired) electrons. The molecule has 1 heterocycles. The van der Waals surface area contributed by atoms with Crippen molar-refractivity contribution in [2.45, 2.75) is 6.04 Å². The average molecular weight is 341 g/mol. The van der Waals surface area contributed by atoms with Crippen molar-refractivity contribution in [3.05, 3.63) is 52.0 Å². The van der Waals surface area contributed by atoms with Crippen molar-refractivity contribution in [1.29, 1.82) is 0 Å². The number of hydrogen-bond acceptors (Lipinski definition) is 4. The maximum absolute atomic E-state index is 9.42. The van der Waals surface area contributed by atoms with E-state index in [1.165, 1.54) is 6.33 Å². The number of nitrogens with zero attached hydrogens (tertiary/aromatic N) is 2. The second kappa shape index (κ2) is 5.92. The van der Waals surface area contributed by atoms with E-state index in [-0.39, 0.29) is 12.6 Å². The molecule has 5 heteroatoms. The molecule has 0 aliphatic rings. The largest absolute Gasteiger partial charge is 0.394 e. The number of aliphatic hydroxyl groups excluding tert-OH is 1. The van der Waals surface area contributed by atoms with E-state index in [4.69, 9.17) is 0 Å². The Balaban J connectivity index is 2.19. The van der Waals surface area contributed by atoms with Gasteiger partial charge in [-0.15, -0.1) is 0 Å². The Morgan fingerprint density at radius 3 is 2.71 bits per heavy atom. The lowest BCUT2D eigenvalue weighted by molar-refractivity contribution is 0.276. The van der Waals surface area contributed by atoms with Crippen LogP contribution in [0.4, 0.5) is 5.82 Å². The first kappa shape index (κ1) is 12.3. The minimum Gasteiger partial charge on any atom is -0.394 e. The second-order valence-electron chi connectivity index (χ2n) is 3.51. The Hall–Kier alpha value is -1.21. The highest BCUT2D eigenvalue weighted by Crippen LogP contribution is 2.20. The van der Waals surface area contributed by atoms with Crippen molar-refractivity contribution in [1.82, 2.24) is 9.97 Å². The minimum atomic E-state index is -0.153. The fraction of sp³-hybridized carbons (Fsp3) is 0.167. The van der Waals surface area contributed by atoms with Gasteiger partial charge in [0.05, 0.1) is 16.2 Å². The van der Waals surface area contributed by atoms with E-state index in [1.54, 1.807) is 6.20 Å². The zero-order chi connectivity index (χ0) is 12.1. The molecule has 0 amide bonds. The van der Waals surface area contributed by atoms with Crippen LogP contribution in [0.1, 0.15) is 11.6 Å². The van der Waals surface area contributed by atoms with E-state index < -0.39 is 0 Å². The standard InChI is InChI=1S/C12H12IN3O/c13-10-6-14-8-15-12(10)16-11(7-17)9-4-2-1-3-5-9/h1-6,8,11,17H,7H2,(H,14,15,16). The summed E-state index contributed by atoms with van der Waals surface area (Å²) in [5.74, 6) is 0.739. The number of aliphatic hydroxyl groups is 1. The van der Waals surface area contributed by atoms with E-state index in [0.717, 1.165) is 15.0 Å². The monoisotopic (exact) mass is 341 g/mol. The summed E-state index contributed by atoms with van der Waals surface area (Å²) in [4.78, 5) is 8.08. The zero-order valence-corrected chi connectivity index (χ0v) is 11.2. The lowest BCUT2D eigenvalue weighted by Crippen LogP contribution is -2.16. The average Bonchev–Trinajstić information content (AvgIpc) is 2.39. The molecule has 0 fully saturated rings. The summed E-state index contributed by atoms with van der Waals surface area (Å²) in [5, 5.41) is 12.6. The first-order valence-electron chi connectivity index (χ1n) is 5.19. The number of rotatable bonds is 4. The van der Waals surface area contributed by atoms with Crippen LogP contribution >= 0.6 is 22.6 Å². The van der Waals surface area contributed by atoms with Gasteiger partial charge in [-0.3, -0.25) is 0 Å². The Morgan fingerprint density at radius 1 is 1.29 bits per heavy atom. The molecule has 1 aromatic carbocycles. The van der Waals surface area contributed by atoms with Gasteiger partial charge >= 0.3 is 0 Å². The quantitative estimate of drug-likeness (QED) is 0.838. The molecule has 0 spiro atoms. The van der Waals surface area contributed by atoms with Crippen LogP contribution in [0, 0.1) is 3.57 Å². The number of nitrogens with one attached hydrogen (secondary N) is 1. The number of hydrogen-bond donors (Lipinski definition) is 2. The Labute approximate surface area is 113 Å². The van der Waals surface area contributed by atoms with Crippen molar-refractivity contribution >= 4 is 28.4 Å². The van der Waals surface area contributed by atoms with Crippen LogP contribution in [0.5, 0.6) is 0 Å². The molecule has 2 aromatic rings. The molecule has 1 atom stereocenters. The van der Waals surface area contributed by atoms with Crippen molar-refractivity contribution < 1.29 is 5.11 Å². The van der Waals surface area contributed by atoms with Gasteiger partial charge in [-0.1, -0.05) is 30.3 Å². The Bertz CT molecular complexity index is 478. The third-order valence-corrected chi connectivity index (χ3v) is 3.15. The van der Waals surface area contributed by atoms with Gasteiger partial charge in [-0.25, -0.2) is 9.97 Å². The number of halogens is 1. The van der Waals surface area contributed by atoms with Crippen LogP contribution in [0.15, 0.2) is 42.9 Å². The lowest BCUT2D eigenvalue weighted by Gasteiger charge is -2.17. The molecular formula is C12H12IN3O. The third kappa shape index (κ3) is 3.13. The van der Waals surface area contributed by atoms with Gasteiger partial charge in [0.15, 0.2) is 0 Å². The predicted octanol–water partition coefficient (Wildman–Crippen LogP) is 2.23. The van der Waals surface area contributed by atoms with Crippen molar-refractivity contribution in [2.24, 2.45) is 0 Å². The van der Waals surface area contributed by atoms with Crippen LogP contribution in [0.2, 0.25) is 0 Å². The maximum Gasteiger partial charge on any atom is 0.143 e. The molecule has 0 saturated carbocycles. The lowest BCUT2D eigenvalue weighted by atomic mass is 10.1. The second-order valence-corrected chi connectivity index (χ2v) is 4.67. The van der Waals surface area contributed by atoms with Gasteiger partial charge in [0.2, 0.25) is 0 Å². The van der Waals surface area contributed by atoms with Crippen LogP contribution in [0.3, 0.4) is 0 Å². The summed E-state index contributed by atoms with van der Waals surface area (Å²) >= 11 is 2.16. The summed E-state index contributed by atoms with van der Waals surface area (Å²) in [7, 11) is 0. The van der Waals surface area contributed by atoms with Crippen LogP contribution in [0.25, 0.3) is 0 Å². The van der Waals surface area contributed by atoms with Crippen molar-refractivity contribution in [2.75, 3.05) is 11.9 Å². The minimum absolute atomic E-state index is 0.0180. The van der Waals surface area contributed by atoms with Gasteiger partial charge in [0.1, 0.15) is 12.1 Å². The fourth-order valence-electron chi connectivity index (χ4n) is 1.50. The van der Waals surface area contributed by atoms with Crippen LogP contribution < -0.4 is 5.32 Å². The van der Waals surface area contributed by atoms with E-state index >= 15 is 0 Å². The Kier molecular flexibility index (Phi) is 4.27. The molecule has 1 unspecified atom stereocenters. The maximum atomic E-state index is 9.42. The smallest absolute Gasteiger partial charge is 0.143 e. The molecule has 1 aromatic heterocycles. The fourth-order valence-corrected chi connectivity index (χ4v) is 1.96. The molecule has 17 heavy (non-hydrogen) atoms. The van der Waals surface area contributed by atoms with E-state index in [0.29, 0.717) is 0 Å². The zero-order valence-electron chi connectivity index (χ0n) is 9.05. The highest BCUT2D eigenvalue weighted by molar-refractivity contribution is 14.1. The summed E-state index contributed by atoms with van der Waals surface area (Å²) < 4.78 is 0.930. The first-order chi connectivity index (χ1) is 8.31. The predicted molar refractivity (Wildman–Crippen MR) is 74.6 cm³/mol. The molecule has 0 aliphatic heterocycles. The molecule has 0 bridgehead atoms. The summed E-state index contributed by atoms with van der Waals surface area (Å²) in [6, 6.07) is 9.64. The van der Waals surface area contributed by atoms with Crippen LogP contribution in [-0.4, -0.2) is 21.7 Å². The first-order valence-corrected chi connectivity index (χ1v) is 6.27. The Morgan fingerprint density at radius 2 is 2.06 bits per heavy atom. The number of aromatic nitrogens is 2. The van der Waals surface area contributed by atoms with Gasteiger partial charge in [-0.2, -0.15) is 0 Å². The normalized spacial score (nSPS) is 12.1. The topological polar surface area (TPSA) is 58.0 Å². The van der Waals surface area contributed by atoms with Crippen molar-refractivity contribution in [3.63, 3.8) is 0 Å². The highest BCUT2D eigenvalue weighted by Gasteiger charge is 2.11. The molecule has 2 rings (SSSR count). The van der Waals surface area contributed by atoms with Gasteiger partial charge in [-0.05, 0) is 28.2 Å². The van der Waals surface area contributed by atoms with E-state index in [1.807, 2.05) is 30.3 Å². The summed E-state index contributed by atoms with van der Waals surface area (Å²) in [5.41, 5.74) is 1.03. The molecule has 0 saturated heterocycles. The van der Waals surface area contributed by atoms with Crippen LogP contribution in [-0.2, 0) is 0 Å². The molecular weight excluding hydrogens is 329 g/mol. The molecule has 0 aliphatic carbocycles. The highest BCUT2D eigenvalue weighted by atomic mass is 127. The van der Waals surface area contributed by atoms with Gasteiger partial charge < -0.3 is 10.4 Å². The SMILES string of the molecule is OCC(Nc1ncncc1I)c1ccccc1. The van der Waals surface area contributed by atoms with Gasteiger partial charge in [0, 0.05) is 6.20 Å². The van der Waals surface area contributed by atoms with Gasteiger partial charge in [0.25, 0.3) is 0 Å². The van der Waals surface area contributed by atoms with E-state index in [2.05, 4.69) is 37.9 Å². The van der Waals surface area contributed by atoms with Crippen molar-refractivity contribution in [3.8, 4) is 0 Å². The summed E-state index contributed by atoms with van der Waals surface area (Å²) in [6.45, 7) is 0.0180. The molecule has 2 N–H and O–H groups in total. The molecule has 4 nitrogen and oxygen atoms in total. The summed E-state index contributed by atoms with van der Waals surface area (Å²) in [6.07, 6.45) is 3.22. The number of anilines is 1. The third-order valence-electron chi connectivity index (χ3n) is 2.36.